The Labute approximate surface area is 170 Å². The van der Waals surface area contributed by atoms with Crippen LogP contribution in [-0.2, 0) is 4.79 Å². The summed E-state index contributed by atoms with van der Waals surface area (Å²) in [4.78, 5) is 32.1. The second-order valence-electron chi connectivity index (χ2n) is 9.12. The molecule has 4 fully saturated rings. The van der Waals surface area contributed by atoms with E-state index < -0.39 is 0 Å². The molecule has 7 heteroatoms. The Hall–Kier alpha value is -2.41. The fourth-order valence-corrected chi connectivity index (χ4v) is 6.43. The topological polar surface area (TPSA) is 94.0 Å². The molecule has 2 unspecified atom stereocenters. The summed E-state index contributed by atoms with van der Waals surface area (Å²) in [5.74, 6) is 1.36. The first-order valence-electron chi connectivity index (χ1n) is 10.7. The van der Waals surface area contributed by atoms with Crippen LogP contribution in [-0.4, -0.2) is 49.0 Å². The zero-order valence-electron chi connectivity index (χ0n) is 16.5. The highest BCUT2D eigenvalue weighted by atomic mass is 16.3. The summed E-state index contributed by atoms with van der Waals surface area (Å²) in [7, 11) is 0. The Morgan fingerprint density at radius 3 is 2.69 bits per heavy atom. The minimum absolute atomic E-state index is 0.0304. The van der Waals surface area contributed by atoms with Crippen LogP contribution in [0.15, 0.2) is 29.3 Å². The lowest BCUT2D eigenvalue weighted by Gasteiger charge is -2.59. The minimum atomic E-state index is -0.308. The van der Waals surface area contributed by atoms with Gasteiger partial charge in [0.15, 0.2) is 0 Å². The first kappa shape index (κ1) is 18.6. The van der Waals surface area contributed by atoms with Gasteiger partial charge in [-0.25, -0.2) is 4.79 Å². The summed E-state index contributed by atoms with van der Waals surface area (Å²) >= 11 is 0. The molecule has 29 heavy (non-hydrogen) atoms. The van der Waals surface area contributed by atoms with Gasteiger partial charge < -0.3 is 15.7 Å². The van der Waals surface area contributed by atoms with E-state index in [0.717, 1.165) is 43.5 Å². The van der Waals surface area contributed by atoms with Crippen molar-refractivity contribution in [2.45, 2.75) is 38.1 Å². The molecule has 154 valence electrons. The Morgan fingerprint density at radius 1 is 1.17 bits per heavy atom. The number of nitrogens with one attached hydrogen (secondary N) is 2. The fraction of sp³-hybridized carbons (Fsp3) is 0.591. The van der Waals surface area contributed by atoms with Gasteiger partial charge in [-0.15, -0.1) is 0 Å². The van der Waals surface area contributed by atoms with Crippen molar-refractivity contribution in [2.24, 2.45) is 28.2 Å². The molecule has 4 aliphatic carbocycles. The van der Waals surface area contributed by atoms with E-state index in [1.807, 2.05) is 24.3 Å². The number of aliphatic imine (C=N–C) groups is 1. The molecule has 4 saturated carbocycles. The number of carbonyl (C=O) groups is 2. The number of amides is 3. The van der Waals surface area contributed by atoms with Crippen molar-refractivity contribution < 1.29 is 14.7 Å². The van der Waals surface area contributed by atoms with Gasteiger partial charge in [0, 0.05) is 18.8 Å². The van der Waals surface area contributed by atoms with Crippen molar-refractivity contribution >= 4 is 29.5 Å². The molecule has 3 amide bonds. The van der Waals surface area contributed by atoms with Crippen LogP contribution in [0, 0.1) is 23.2 Å². The maximum atomic E-state index is 13.2. The molecule has 0 saturated heterocycles. The number of hydrogen-bond acceptors (Lipinski definition) is 4. The number of benzene rings is 1. The molecular formula is C22H28N4O3. The van der Waals surface area contributed by atoms with E-state index in [1.54, 1.807) is 11.1 Å². The number of aliphatic hydroxyl groups excluding tert-OH is 1. The van der Waals surface area contributed by atoms with Crippen LogP contribution in [0.3, 0.4) is 0 Å². The standard InChI is InChI=1S/C22H28N4O3/c27-8-6-24-20(28)22-11-14-9-15(12-22)19(16(10-14)13-22)25-21(29)26-7-5-23-17-3-1-2-4-18(17)26/h1-5,14-16,19,27H,6-13H2,(H,24,28)(H,25,29). The van der Waals surface area contributed by atoms with Crippen molar-refractivity contribution in [1.82, 2.24) is 10.6 Å². The SMILES string of the molecule is O=C(NC1C2CC3CC1CC(C(=O)NCCO)(C3)C2)N1CC=Nc2ccccc21. The molecule has 4 bridgehead atoms. The molecule has 5 aliphatic rings. The van der Waals surface area contributed by atoms with Crippen molar-refractivity contribution in [3.05, 3.63) is 24.3 Å². The van der Waals surface area contributed by atoms with E-state index in [4.69, 9.17) is 5.11 Å². The molecule has 1 aromatic carbocycles. The van der Waals surface area contributed by atoms with Crippen molar-refractivity contribution in [3.63, 3.8) is 0 Å². The lowest BCUT2D eigenvalue weighted by Crippen LogP contribution is -2.63. The molecule has 1 aromatic rings. The third-order valence-electron chi connectivity index (χ3n) is 7.35. The van der Waals surface area contributed by atoms with Gasteiger partial charge in [-0.05, 0) is 62.0 Å². The Morgan fingerprint density at radius 2 is 1.93 bits per heavy atom. The molecule has 0 spiro atoms. The predicted octanol–water partition coefficient (Wildman–Crippen LogP) is 2.22. The number of carbonyl (C=O) groups excluding carboxylic acids is 2. The summed E-state index contributed by atoms with van der Waals surface area (Å²) < 4.78 is 0. The molecule has 3 N–H and O–H groups in total. The first-order chi connectivity index (χ1) is 14.1. The Balaban J connectivity index is 1.31. The van der Waals surface area contributed by atoms with Crippen LogP contribution in [0.4, 0.5) is 16.2 Å². The van der Waals surface area contributed by atoms with Gasteiger partial charge in [0.05, 0.1) is 29.9 Å². The van der Waals surface area contributed by atoms with Crippen LogP contribution in [0.25, 0.3) is 0 Å². The van der Waals surface area contributed by atoms with Gasteiger partial charge in [-0.3, -0.25) is 14.7 Å². The highest BCUT2D eigenvalue weighted by Gasteiger charge is 2.58. The molecule has 0 radical (unpaired) electrons. The number of aliphatic hydroxyl groups is 1. The van der Waals surface area contributed by atoms with Crippen molar-refractivity contribution in [3.8, 4) is 0 Å². The molecule has 1 heterocycles. The predicted molar refractivity (Wildman–Crippen MR) is 110 cm³/mol. The van der Waals surface area contributed by atoms with Crippen molar-refractivity contribution in [1.29, 1.82) is 0 Å². The molecular weight excluding hydrogens is 368 g/mol. The zero-order chi connectivity index (χ0) is 20.0. The Bertz CT molecular complexity index is 838. The third kappa shape index (κ3) is 3.12. The largest absolute Gasteiger partial charge is 0.395 e. The average molecular weight is 396 g/mol. The van der Waals surface area contributed by atoms with E-state index >= 15 is 0 Å². The maximum absolute atomic E-state index is 13.2. The van der Waals surface area contributed by atoms with E-state index in [-0.39, 0.29) is 30.0 Å². The van der Waals surface area contributed by atoms with Gasteiger partial charge >= 0.3 is 6.03 Å². The van der Waals surface area contributed by atoms with E-state index in [1.165, 1.54) is 0 Å². The quantitative estimate of drug-likeness (QED) is 0.728. The lowest BCUT2D eigenvalue weighted by atomic mass is 9.47. The summed E-state index contributed by atoms with van der Waals surface area (Å²) in [6.07, 6.45) is 6.58. The van der Waals surface area contributed by atoms with Crippen LogP contribution in [0.5, 0.6) is 0 Å². The number of anilines is 1. The summed E-state index contributed by atoms with van der Waals surface area (Å²) in [5, 5.41) is 15.3. The molecule has 6 rings (SSSR count). The van der Waals surface area contributed by atoms with Crippen LogP contribution >= 0.6 is 0 Å². The number of hydrogen-bond donors (Lipinski definition) is 3. The zero-order valence-corrected chi connectivity index (χ0v) is 16.5. The number of para-hydroxylation sites is 2. The van der Waals surface area contributed by atoms with Gasteiger partial charge in [0.25, 0.3) is 0 Å². The second kappa shape index (κ2) is 7.13. The number of nitrogens with zero attached hydrogens (tertiary/aromatic N) is 2. The average Bonchev–Trinajstić information content (AvgIpc) is 2.73. The second-order valence-corrected chi connectivity index (χ2v) is 9.12. The summed E-state index contributed by atoms with van der Waals surface area (Å²) in [6, 6.07) is 7.77. The van der Waals surface area contributed by atoms with E-state index in [0.29, 0.717) is 30.8 Å². The highest BCUT2D eigenvalue weighted by Crippen LogP contribution is 2.60. The fourth-order valence-electron chi connectivity index (χ4n) is 6.43. The maximum Gasteiger partial charge on any atom is 0.322 e. The summed E-state index contributed by atoms with van der Waals surface area (Å²) in [6.45, 7) is 0.759. The van der Waals surface area contributed by atoms with E-state index in [2.05, 4.69) is 15.6 Å². The first-order valence-corrected chi connectivity index (χ1v) is 10.7. The smallest absolute Gasteiger partial charge is 0.322 e. The van der Waals surface area contributed by atoms with Crippen LogP contribution < -0.4 is 15.5 Å². The molecule has 1 aliphatic heterocycles. The highest BCUT2D eigenvalue weighted by molar-refractivity contribution is 6.00. The van der Waals surface area contributed by atoms with Gasteiger partial charge in [0.1, 0.15) is 0 Å². The summed E-state index contributed by atoms with van der Waals surface area (Å²) in [5.41, 5.74) is 1.35. The van der Waals surface area contributed by atoms with Crippen LogP contribution in [0.1, 0.15) is 32.1 Å². The number of urea groups is 1. The van der Waals surface area contributed by atoms with Gasteiger partial charge in [0.2, 0.25) is 5.91 Å². The van der Waals surface area contributed by atoms with Gasteiger partial charge in [-0.1, -0.05) is 12.1 Å². The number of fused-ring (bicyclic) bond motifs is 1. The molecule has 7 nitrogen and oxygen atoms in total. The molecule has 2 atom stereocenters. The lowest BCUT2D eigenvalue weighted by molar-refractivity contribution is -0.149. The Kier molecular flexibility index (Phi) is 4.57. The third-order valence-corrected chi connectivity index (χ3v) is 7.35. The van der Waals surface area contributed by atoms with Gasteiger partial charge in [-0.2, -0.15) is 0 Å². The minimum Gasteiger partial charge on any atom is -0.395 e. The van der Waals surface area contributed by atoms with E-state index in [9.17, 15) is 9.59 Å². The normalized spacial score (nSPS) is 34.0. The monoisotopic (exact) mass is 396 g/mol. The number of rotatable bonds is 4. The molecule has 0 aromatic heterocycles. The van der Waals surface area contributed by atoms with Crippen LogP contribution in [0.2, 0.25) is 0 Å². The van der Waals surface area contributed by atoms with Crippen molar-refractivity contribution in [2.75, 3.05) is 24.6 Å².